The van der Waals surface area contributed by atoms with Crippen LogP contribution in [0.4, 0.5) is 13.2 Å². The van der Waals surface area contributed by atoms with Crippen molar-refractivity contribution in [3.8, 4) is 0 Å². The molecule has 0 aromatic rings. The van der Waals surface area contributed by atoms with Crippen molar-refractivity contribution >= 4 is 11.1 Å². The first-order valence-electron chi connectivity index (χ1n) is 3.26. The highest BCUT2D eigenvalue weighted by molar-refractivity contribution is 7.84. The summed E-state index contributed by atoms with van der Waals surface area (Å²) in [5.41, 5.74) is 2.24. The van der Waals surface area contributed by atoms with E-state index in [0.717, 1.165) is 7.11 Å². The summed E-state index contributed by atoms with van der Waals surface area (Å²) in [6, 6.07) is 0. The molecule has 0 aliphatic rings. The van der Waals surface area contributed by atoms with Crippen molar-refractivity contribution in [1.82, 2.24) is 0 Å². The van der Waals surface area contributed by atoms with Gasteiger partial charge in [0.1, 0.15) is 0 Å². The van der Waals surface area contributed by atoms with E-state index in [1.54, 1.807) is 0 Å². The molecule has 0 radical (unpaired) electrons. The summed E-state index contributed by atoms with van der Waals surface area (Å²) in [5.74, 6) is 0. The van der Waals surface area contributed by atoms with E-state index in [1.165, 1.54) is 13.8 Å². The third-order valence-electron chi connectivity index (χ3n) is 0.939. The molecule has 0 N–H and O–H groups in total. The highest BCUT2D eigenvalue weighted by atomic mass is 32.2. The molecule has 0 saturated carbocycles. The molecule has 1 unspecified atom stereocenters. The molecule has 0 saturated heterocycles. The summed E-state index contributed by atoms with van der Waals surface area (Å²) in [7, 11) is 0.939. The standard InChI is InChI=1S/C7H9F3O2S/c1-5(2)4-6(7(8,9)10)13(11)12-3/h1-3H3. The Hall–Kier alpha value is -0.580. The SMILES string of the molecule is COS(=O)C(=C=C(C)C)C(F)(F)F. The summed E-state index contributed by atoms with van der Waals surface area (Å²) in [6.45, 7) is 2.86. The van der Waals surface area contributed by atoms with Crippen LogP contribution in [0.1, 0.15) is 13.8 Å². The van der Waals surface area contributed by atoms with E-state index in [4.69, 9.17) is 0 Å². The second-order valence-electron chi connectivity index (χ2n) is 2.35. The summed E-state index contributed by atoms with van der Waals surface area (Å²) in [6.07, 6.45) is -4.67. The molecule has 0 aromatic carbocycles. The third kappa shape index (κ3) is 4.26. The first-order chi connectivity index (χ1) is 5.79. The van der Waals surface area contributed by atoms with Gasteiger partial charge in [-0.05, 0) is 19.4 Å². The van der Waals surface area contributed by atoms with Gasteiger partial charge in [-0.25, -0.2) is 4.21 Å². The molecule has 6 heteroatoms. The van der Waals surface area contributed by atoms with Crippen molar-refractivity contribution in [2.24, 2.45) is 0 Å². The molecule has 0 heterocycles. The van der Waals surface area contributed by atoms with E-state index in [-0.39, 0.29) is 5.57 Å². The lowest BCUT2D eigenvalue weighted by atomic mass is 10.3. The van der Waals surface area contributed by atoms with Crippen LogP contribution in [-0.2, 0) is 15.3 Å². The average molecular weight is 214 g/mol. The van der Waals surface area contributed by atoms with Crippen molar-refractivity contribution in [2.45, 2.75) is 20.0 Å². The predicted molar refractivity (Wildman–Crippen MR) is 43.1 cm³/mol. The molecule has 0 spiro atoms. The zero-order chi connectivity index (χ0) is 10.6. The fraction of sp³-hybridized carbons (Fsp3) is 0.571. The van der Waals surface area contributed by atoms with Crippen LogP contribution in [-0.4, -0.2) is 17.5 Å². The molecular formula is C7H9F3O2S. The van der Waals surface area contributed by atoms with Gasteiger partial charge in [0.15, 0.2) is 4.91 Å². The van der Waals surface area contributed by atoms with Gasteiger partial charge in [-0.3, -0.25) is 4.18 Å². The molecule has 0 rings (SSSR count). The van der Waals surface area contributed by atoms with E-state index in [9.17, 15) is 17.4 Å². The number of halogens is 3. The number of hydrogen-bond donors (Lipinski definition) is 0. The van der Waals surface area contributed by atoms with Gasteiger partial charge in [0.25, 0.3) is 0 Å². The maximum atomic E-state index is 12.1. The maximum absolute atomic E-state index is 12.1. The smallest absolute Gasteiger partial charge is 0.290 e. The predicted octanol–water partition coefficient (Wildman–Crippen LogP) is 2.31. The molecule has 2 nitrogen and oxygen atoms in total. The molecule has 0 fully saturated rings. The zero-order valence-electron chi connectivity index (χ0n) is 7.36. The molecule has 0 bridgehead atoms. The topological polar surface area (TPSA) is 26.3 Å². The minimum Gasteiger partial charge on any atom is -0.290 e. The minimum atomic E-state index is -4.67. The van der Waals surface area contributed by atoms with E-state index in [0.29, 0.717) is 0 Å². The van der Waals surface area contributed by atoms with Crippen LogP contribution < -0.4 is 0 Å². The number of allylic oxidation sites excluding steroid dienone is 1. The molecule has 76 valence electrons. The molecule has 1 atom stereocenters. The lowest BCUT2D eigenvalue weighted by molar-refractivity contribution is -0.0845. The van der Waals surface area contributed by atoms with Crippen molar-refractivity contribution in [3.05, 3.63) is 16.2 Å². The van der Waals surface area contributed by atoms with Crippen LogP contribution in [0.15, 0.2) is 16.2 Å². The van der Waals surface area contributed by atoms with E-state index < -0.39 is 22.2 Å². The van der Waals surface area contributed by atoms with Crippen LogP contribution in [0.2, 0.25) is 0 Å². The van der Waals surface area contributed by atoms with Gasteiger partial charge in [-0.1, -0.05) is 5.73 Å². The Bertz CT molecular complexity index is 270. The Morgan fingerprint density at radius 1 is 1.38 bits per heavy atom. The summed E-state index contributed by atoms with van der Waals surface area (Å²) in [5, 5.41) is 0. The van der Waals surface area contributed by atoms with Crippen LogP contribution in [0.5, 0.6) is 0 Å². The fourth-order valence-electron chi connectivity index (χ4n) is 0.517. The normalized spacial score (nSPS) is 13.4. The third-order valence-corrected chi connectivity index (χ3v) is 1.91. The van der Waals surface area contributed by atoms with E-state index >= 15 is 0 Å². The number of hydrogen-bond acceptors (Lipinski definition) is 2. The summed E-state index contributed by atoms with van der Waals surface area (Å²) < 4.78 is 51.2. The Labute approximate surface area is 76.7 Å². The highest BCUT2D eigenvalue weighted by Gasteiger charge is 2.38. The van der Waals surface area contributed by atoms with E-state index in [1.807, 2.05) is 5.73 Å². The fourth-order valence-corrected chi connectivity index (χ4v) is 1.16. The Morgan fingerprint density at radius 2 is 1.85 bits per heavy atom. The zero-order valence-corrected chi connectivity index (χ0v) is 8.18. The maximum Gasteiger partial charge on any atom is 0.434 e. The summed E-state index contributed by atoms with van der Waals surface area (Å²) >= 11 is -2.50. The van der Waals surface area contributed by atoms with Gasteiger partial charge in [0, 0.05) is 0 Å². The van der Waals surface area contributed by atoms with Crippen molar-refractivity contribution in [1.29, 1.82) is 0 Å². The van der Waals surface area contributed by atoms with Gasteiger partial charge in [0.05, 0.1) is 7.11 Å². The first kappa shape index (κ1) is 12.4. The molecule has 0 aliphatic carbocycles. The summed E-state index contributed by atoms with van der Waals surface area (Å²) in [4.78, 5) is -1.30. The van der Waals surface area contributed by atoms with Gasteiger partial charge in [-0.15, -0.1) is 0 Å². The van der Waals surface area contributed by atoms with Crippen LogP contribution >= 0.6 is 0 Å². The Balaban J connectivity index is 5.26. The van der Waals surface area contributed by atoms with Crippen LogP contribution in [0.3, 0.4) is 0 Å². The van der Waals surface area contributed by atoms with Crippen LogP contribution in [0, 0.1) is 0 Å². The average Bonchev–Trinajstić information content (AvgIpc) is 1.96. The van der Waals surface area contributed by atoms with Crippen molar-refractivity contribution in [3.63, 3.8) is 0 Å². The molecule has 13 heavy (non-hydrogen) atoms. The molecule has 0 aromatic heterocycles. The van der Waals surface area contributed by atoms with Gasteiger partial charge in [0.2, 0.25) is 11.1 Å². The number of alkyl halides is 3. The van der Waals surface area contributed by atoms with Crippen LogP contribution in [0.25, 0.3) is 0 Å². The highest BCUT2D eigenvalue weighted by Crippen LogP contribution is 2.27. The van der Waals surface area contributed by atoms with Crippen molar-refractivity contribution in [2.75, 3.05) is 7.11 Å². The van der Waals surface area contributed by atoms with Crippen molar-refractivity contribution < 1.29 is 21.6 Å². The molecular weight excluding hydrogens is 205 g/mol. The first-order valence-corrected chi connectivity index (χ1v) is 4.34. The Kier molecular flexibility index (Phi) is 4.39. The second kappa shape index (κ2) is 4.60. The number of rotatable bonds is 2. The monoisotopic (exact) mass is 214 g/mol. The van der Waals surface area contributed by atoms with Gasteiger partial charge < -0.3 is 0 Å². The largest absolute Gasteiger partial charge is 0.434 e. The molecule has 0 amide bonds. The molecule has 0 aliphatic heterocycles. The lowest BCUT2D eigenvalue weighted by Crippen LogP contribution is -2.16. The van der Waals surface area contributed by atoms with E-state index in [2.05, 4.69) is 4.18 Å². The quantitative estimate of drug-likeness (QED) is 0.659. The second-order valence-corrected chi connectivity index (χ2v) is 3.56. The minimum absolute atomic E-state index is 0.290. The Morgan fingerprint density at radius 3 is 2.08 bits per heavy atom. The van der Waals surface area contributed by atoms with Gasteiger partial charge >= 0.3 is 6.18 Å². The lowest BCUT2D eigenvalue weighted by Gasteiger charge is -2.06. The van der Waals surface area contributed by atoms with Gasteiger partial charge in [-0.2, -0.15) is 13.2 Å².